The van der Waals surface area contributed by atoms with E-state index in [1.165, 1.54) is 0 Å². The van der Waals surface area contributed by atoms with Crippen LogP contribution in [0.25, 0.3) is 22.9 Å². The van der Waals surface area contributed by atoms with Crippen molar-refractivity contribution >= 4 is 5.97 Å². The number of benzene rings is 1. The number of fused-ring (bicyclic) bond motifs is 3. The third-order valence-corrected chi connectivity index (χ3v) is 4.29. The van der Waals surface area contributed by atoms with Crippen molar-refractivity contribution in [3.8, 4) is 28.7 Å². The summed E-state index contributed by atoms with van der Waals surface area (Å²) in [5, 5.41) is 13.6. The second-order valence-electron chi connectivity index (χ2n) is 6.53. The Kier molecular flexibility index (Phi) is 3.75. The highest BCUT2D eigenvalue weighted by Crippen LogP contribution is 2.34. The van der Waals surface area contributed by atoms with Crippen molar-refractivity contribution in [2.24, 2.45) is 0 Å². The minimum atomic E-state index is -0.981. The van der Waals surface area contributed by atoms with Gasteiger partial charge in [0.15, 0.2) is 5.82 Å². The molecule has 8 heteroatoms. The van der Waals surface area contributed by atoms with Gasteiger partial charge in [-0.15, -0.1) is 0 Å². The van der Waals surface area contributed by atoms with E-state index in [-0.39, 0.29) is 11.6 Å². The average molecular weight is 353 g/mol. The molecule has 0 saturated heterocycles. The van der Waals surface area contributed by atoms with Gasteiger partial charge in [-0.2, -0.15) is 5.10 Å². The van der Waals surface area contributed by atoms with Crippen LogP contribution in [0, 0.1) is 6.92 Å². The Bertz CT molecular complexity index is 1000. The van der Waals surface area contributed by atoms with Crippen molar-refractivity contribution in [2.75, 3.05) is 6.61 Å². The molecule has 8 nitrogen and oxygen atoms in total. The molecular formula is C18H19N5O3. The fraction of sp³-hybridized carbons (Fsp3) is 0.333. The van der Waals surface area contributed by atoms with E-state index in [0.29, 0.717) is 24.7 Å². The van der Waals surface area contributed by atoms with Gasteiger partial charge in [0.05, 0.1) is 17.7 Å². The first-order chi connectivity index (χ1) is 12.4. The predicted octanol–water partition coefficient (Wildman–Crippen LogP) is 2.79. The maximum atomic E-state index is 11.2. The van der Waals surface area contributed by atoms with Gasteiger partial charge in [-0.25, -0.2) is 19.4 Å². The molecule has 0 atom stereocenters. The van der Waals surface area contributed by atoms with E-state index in [4.69, 9.17) is 9.72 Å². The highest BCUT2D eigenvalue weighted by Gasteiger charge is 2.23. The molecule has 0 aliphatic carbocycles. The van der Waals surface area contributed by atoms with E-state index in [2.05, 4.69) is 23.9 Å². The number of aryl methyl sites for hydroxylation is 1. The van der Waals surface area contributed by atoms with Gasteiger partial charge in [0.2, 0.25) is 0 Å². The van der Waals surface area contributed by atoms with Crippen LogP contribution in [0.3, 0.4) is 0 Å². The third kappa shape index (κ3) is 2.63. The lowest BCUT2D eigenvalue weighted by Gasteiger charge is -2.08. The first-order valence-electron chi connectivity index (χ1n) is 8.45. The van der Waals surface area contributed by atoms with Crippen molar-refractivity contribution in [1.29, 1.82) is 0 Å². The van der Waals surface area contributed by atoms with E-state index >= 15 is 0 Å². The number of nitrogens with zero attached hydrogens (tertiary/aromatic N) is 5. The zero-order chi connectivity index (χ0) is 18.4. The lowest BCUT2D eigenvalue weighted by molar-refractivity contribution is 0.0696. The first kappa shape index (κ1) is 16.3. The lowest BCUT2D eigenvalue weighted by Crippen LogP contribution is -2.06. The molecular weight excluding hydrogens is 334 g/mol. The van der Waals surface area contributed by atoms with Crippen LogP contribution in [-0.4, -0.2) is 42.0 Å². The molecule has 3 aromatic rings. The summed E-state index contributed by atoms with van der Waals surface area (Å²) in [6, 6.07) is 5.02. The van der Waals surface area contributed by atoms with Crippen LogP contribution in [0.15, 0.2) is 24.4 Å². The number of ether oxygens (including phenoxy) is 1. The quantitative estimate of drug-likeness (QED) is 0.778. The third-order valence-electron chi connectivity index (χ3n) is 4.29. The predicted molar refractivity (Wildman–Crippen MR) is 94.3 cm³/mol. The van der Waals surface area contributed by atoms with Crippen LogP contribution in [-0.2, 0) is 6.54 Å². The Hall–Kier alpha value is -3.16. The molecule has 3 heterocycles. The van der Waals surface area contributed by atoms with Gasteiger partial charge in [-0.3, -0.25) is 0 Å². The van der Waals surface area contributed by atoms with Crippen LogP contribution < -0.4 is 4.74 Å². The molecule has 0 unspecified atom stereocenters. The average Bonchev–Trinajstić information content (AvgIpc) is 3.14. The van der Waals surface area contributed by atoms with Crippen LogP contribution in [0.2, 0.25) is 0 Å². The minimum Gasteiger partial charge on any atom is -0.491 e. The van der Waals surface area contributed by atoms with Crippen molar-refractivity contribution in [2.45, 2.75) is 33.4 Å². The summed E-state index contributed by atoms with van der Waals surface area (Å²) in [6.07, 6.45) is 1.95. The summed E-state index contributed by atoms with van der Waals surface area (Å²) in [5.41, 5.74) is 1.70. The maximum Gasteiger partial charge on any atom is 0.335 e. The standard InChI is InChI=1S/C18H19N5O3/c1-10(2)23-17(19-11(3)21-23)14-9-22-6-7-26-15-8-12(18(24)25)4-5-13(15)16(22)20-14/h4-5,8-10H,6-7H2,1-3H3,(H,24,25). The highest BCUT2D eigenvalue weighted by molar-refractivity contribution is 5.89. The molecule has 0 bridgehead atoms. The summed E-state index contributed by atoms with van der Waals surface area (Å²) < 4.78 is 9.61. The molecule has 2 aromatic heterocycles. The van der Waals surface area contributed by atoms with Crippen LogP contribution in [0.5, 0.6) is 5.75 Å². The number of imidazole rings is 1. The fourth-order valence-electron chi connectivity index (χ4n) is 3.09. The van der Waals surface area contributed by atoms with Crippen molar-refractivity contribution < 1.29 is 14.6 Å². The zero-order valence-corrected chi connectivity index (χ0v) is 14.8. The Morgan fingerprint density at radius 3 is 2.81 bits per heavy atom. The molecule has 134 valence electrons. The Morgan fingerprint density at radius 1 is 1.27 bits per heavy atom. The summed E-state index contributed by atoms with van der Waals surface area (Å²) in [7, 11) is 0. The van der Waals surface area contributed by atoms with Gasteiger partial charge in [0.1, 0.15) is 29.7 Å². The van der Waals surface area contributed by atoms with Crippen LogP contribution >= 0.6 is 0 Å². The Labute approximate surface area is 150 Å². The molecule has 4 rings (SSSR count). The van der Waals surface area contributed by atoms with Gasteiger partial charge in [0.25, 0.3) is 0 Å². The van der Waals surface area contributed by atoms with E-state index in [0.717, 1.165) is 22.9 Å². The Morgan fingerprint density at radius 2 is 2.08 bits per heavy atom. The first-order valence-corrected chi connectivity index (χ1v) is 8.45. The lowest BCUT2D eigenvalue weighted by atomic mass is 10.1. The molecule has 1 aliphatic heterocycles. The molecule has 1 N–H and O–H groups in total. The molecule has 1 aromatic carbocycles. The molecule has 26 heavy (non-hydrogen) atoms. The number of carbonyl (C=O) groups is 1. The van der Waals surface area contributed by atoms with E-state index in [1.54, 1.807) is 18.2 Å². The summed E-state index contributed by atoms with van der Waals surface area (Å²) in [6.45, 7) is 7.02. The monoisotopic (exact) mass is 353 g/mol. The molecule has 0 spiro atoms. The maximum absolute atomic E-state index is 11.2. The Balaban J connectivity index is 1.84. The molecule has 0 amide bonds. The van der Waals surface area contributed by atoms with E-state index in [9.17, 15) is 9.90 Å². The van der Waals surface area contributed by atoms with Gasteiger partial charge >= 0.3 is 5.97 Å². The van der Waals surface area contributed by atoms with E-state index in [1.807, 2.05) is 22.4 Å². The molecule has 1 aliphatic rings. The van der Waals surface area contributed by atoms with Gasteiger partial charge in [0, 0.05) is 12.2 Å². The number of aromatic nitrogens is 5. The fourth-order valence-corrected chi connectivity index (χ4v) is 3.09. The highest BCUT2D eigenvalue weighted by atomic mass is 16.5. The van der Waals surface area contributed by atoms with Crippen molar-refractivity contribution in [3.63, 3.8) is 0 Å². The number of aromatic carboxylic acids is 1. The zero-order valence-electron chi connectivity index (χ0n) is 14.8. The molecule has 0 saturated carbocycles. The smallest absolute Gasteiger partial charge is 0.335 e. The normalized spacial score (nSPS) is 13.1. The summed E-state index contributed by atoms with van der Waals surface area (Å²) >= 11 is 0. The number of rotatable bonds is 3. The summed E-state index contributed by atoms with van der Waals surface area (Å²) in [5.74, 6) is 1.71. The second-order valence-corrected chi connectivity index (χ2v) is 6.53. The van der Waals surface area contributed by atoms with Crippen molar-refractivity contribution in [1.82, 2.24) is 24.3 Å². The number of carboxylic acids is 1. The largest absolute Gasteiger partial charge is 0.491 e. The van der Waals surface area contributed by atoms with Gasteiger partial charge < -0.3 is 14.4 Å². The number of hydrogen-bond acceptors (Lipinski definition) is 5. The number of carboxylic acid groups (broad SMARTS) is 1. The minimum absolute atomic E-state index is 0.168. The topological polar surface area (TPSA) is 95.1 Å². The second kappa shape index (κ2) is 5.98. The summed E-state index contributed by atoms with van der Waals surface area (Å²) in [4.78, 5) is 20.5. The molecule has 0 fully saturated rings. The SMILES string of the molecule is Cc1nc(-c2cn3c(n2)-c2ccc(C(=O)O)cc2OCC3)n(C(C)C)n1. The van der Waals surface area contributed by atoms with Gasteiger partial charge in [-0.1, -0.05) is 0 Å². The van der Waals surface area contributed by atoms with Crippen molar-refractivity contribution in [3.05, 3.63) is 35.8 Å². The molecule has 0 radical (unpaired) electrons. The van der Waals surface area contributed by atoms with Gasteiger partial charge in [-0.05, 0) is 39.0 Å². The van der Waals surface area contributed by atoms with Crippen LogP contribution in [0.4, 0.5) is 0 Å². The van der Waals surface area contributed by atoms with E-state index < -0.39 is 5.97 Å². The van der Waals surface area contributed by atoms with Crippen LogP contribution in [0.1, 0.15) is 36.1 Å². The number of hydrogen-bond donors (Lipinski definition) is 1.